The quantitative estimate of drug-likeness (QED) is 0.487. The highest BCUT2D eigenvalue weighted by molar-refractivity contribution is 6.16. The summed E-state index contributed by atoms with van der Waals surface area (Å²) < 4.78 is 1.93. The molecule has 5 heterocycles. The Morgan fingerprint density at radius 1 is 0.829 bits per heavy atom. The minimum Gasteiger partial charge on any atom is -0.355 e. The third-order valence-corrected chi connectivity index (χ3v) is 8.99. The van der Waals surface area contributed by atoms with Crippen LogP contribution >= 0.6 is 0 Å². The number of amides is 3. The van der Waals surface area contributed by atoms with Gasteiger partial charge in [-0.05, 0) is 43.0 Å². The first-order chi connectivity index (χ1) is 20.0. The van der Waals surface area contributed by atoms with E-state index in [-0.39, 0.29) is 23.3 Å². The highest BCUT2D eigenvalue weighted by Crippen LogP contribution is 2.45. The van der Waals surface area contributed by atoms with Crippen LogP contribution in [0.1, 0.15) is 63.3 Å². The number of carbonyl (C=O) groups excluding carboxylic acids is 3. The molecule has 0 spiro atoms. The molecule has 0 aliphatic carbocycles. The van der Waals surface area contributed by atoms with Gasteiger partial charge in [0.25, 0.3) is 17.4 Å². The molecular weight excluding hydrogens is 518 g/mol. The van der Waals surface area contributed by atoms with E-state index < -0.39 is 6.17 Å². The van der Waals surface area contributed by atoms with Gasteiger partial charge in [-0.1, -0.05) is 36.4 Å². The maximum Gasteiger partial charge on any atom is 0.260 e. The molecule has 0 saturated carbocycles. The van der Waals surface area contributed by atoms with Crippen molar-refractivity contribution in [2.45, 2.75) is 37.9 Å². The van der Waals surface area contributed by atoms with Gasteiger partial charge < -0.3 is 19.7 Å². The van der Waals surface area contributed by atoms with E-state index >= 15 is 0 Å². The summed E-state index contributed by atoms with van der Waals surface area (Å²) in [5.41, 5.74) is 3.79. The molecule has 2 bridgehead atoms. The van der Waals surface area contributed by atoms with E-state index in [0.29, 0.717) is 54.6 Å². The van der Waals surface area contributed by atoms with Crippen LogP contribution in [0.25, 0.3) is 0 Å². The van der Waals surface area contributed by atoms with E-state index in [2.05, 4.69) is 16.3 Å². The fraction of sp³-hybridized carbons (Fsp3) is 0.375. The second-order valence-corrected chi connectivity index (χ2v) is 11.6. The monoisotopic (exact) mass is 551 g/mol. The average Bonchev–Trinajstić information content (AvgIpc) is 3.28. The van der Waals surface area contributed by atoms with Crippen LogP contribution in [-0.4, -0.2) is 64.8 Å². The predicted octanol–water partition coefficient (Wildman–Crippen LogP) is 2.98. The summed E-state index contributed by atoms with van der Waals surface area (Å²) in [6, 6.07) is 20.2. The number of para-hydroxylation sites is 1. The maximum atomic E-state index is 13.5. The van der Waals surface area contributed by atoms with E-state index in [0.717, 1.165) is 43.9 Å². The normalized spacial score (nSPS) is 22.6. The minimum absolute atomic E-state index is 0.0382. The molecule has 1 unspecified atom stereocenters. The van der Waals surface area contributed by atoms with E-state index in [9.17, 15) is 19.2 Å². The van der Waals surface area contributed by atoms with Gasteiger partial charge in [-0.3, -0.25) is 24.1 Å². The molecule has 3 amide bonds. The van der Waals surface area contributed by atoms with Crippen LogP contribution < -0.4 is 15.8 Å². The lowest BCUT2D eigenvalue weighted by Gasteiger charge is -2.42. The summed E-state index contributed by atoms with van der Waals surface area (Å²) in [6.07, 6.45) is 1.42. The zero-order valence-electron chi connectivity index (χ0n) is 22.9. The van der Waals surface area contributed by atoms with Crippen molar-refractivity contribution in [1.29, 1.82) is 0 Å². The first-order valence-electron chi connectivity index (χ1n) is 14.5. The van der Waals surface area contributed by atoms with Crippen molar-refractivity contribution in [3.05, 3.63) is 99.5 Å². The van der Waals surface area contributed by atoms with Crippen molar-refractivity contribution in [3.63, 3.8) is 0 Å². The SMILES string of the molecule is O=C(CCCN1C(=O)c2ccccc2N2C(=O)c3ccccc3C12)NCCN1C[C@H]2C[C@@H](C1)c1cccc(=O)n1C2. The molecule has 1 N–H and O–H groups in total. The Labute approximate surface area is 238 Å². The molecule has 41 heavy (non-hydrogen) atoms. The number of hydrogen-bond acceptors (Lipinski definition) is 5. The number of rotatable bonds is 7. The zero-order chi connectivity index (χ0) is 28.1. The number of anilines is 1. The molecule has 3 atom stereocenters. The number of benzene rings is 2. The molecule has 210 valence electrons. The second kappa shape index (κ2) is 10.3. The van der Waals surface area contributed by atoms with Gasteiger partial charge in [0.1, 0.15) is 6.17 Å². The van der Waals surface area contributed by atoms with Crippen LogP contribution in [-0.2, 0) is 11.3 Å². The first-order valence-corrected chi connectivity index (χ1v) is 14.5. The number of likely N-dealkylation sites (tertiary alicyclic amines) is 1. The highest BCUT2D eigenvalue weighted by atomic mass is 16.2. The molecule has 4 aliphatic rings. The number of carbonyl (C=O) groups is 3. The fourth-order valence-corrected chi connectivity index (χ4v) is 7.23. The summed E-state index contributed by atoms with van der Waals surface area (Å²) in [5, 5.41) is 3.05. The van der Waals surface area contributed by atoms with Gasteiger partial charge in [-0.2, -0.15) is 0 Å². The summed E-state index contributed by atoms with van der Waals surface area (Å²) >= 11 is 0. The second-order valence-electron chi connectivity index (χ2n) is 11.6. The molecule has 2 aromatic carbocycles. The van der Waals surface area contributed by atoms with E-state index in [4.69, 9.17) is 0 Å². The van der Waals surface area contributed by atoms with Gasteiger partial charge in [-0.25, -0.2) is 0 Å². The Kier molecular flexibility index (Phi) is 6.46. The van der Waals surface area contributed by atoms with Gasteiger partial charge in [-0.15, -0.1) is 0 Å². The van der Waals surface area contributed by atoms with Gasteiger partial charge in [0.15, 0.2) is 0 Å². The van der Waals surface area contributed by atoms with Crippen molar-refractivity contribution in [3.8, 4) is 0 Å². The van der Waals surface area contributed by atoms with Gasteiger partial charge in [0.05, 0.1) is 11.3 Å². The summed E-state index contributed by atoms with van der Waals surface area (Å²) in [7, 11) is 0. The van der Waals surface area contributed by atoms with Crippen molar-refractivity contribution < 1.29 is 14.4 Å². The number of aromatic nitrogens is 1. The Morgan fingerprint density at radius 2 is 1.63 bits per heavy atom. The molecule has 1 aromatic heterocycles. The summed E-state index contributed by atoms with van der Waals surface area (Å²) in [5.74, 6) is 0.545. The summed E-state index contributed by atoms with van der Waals surface area (Å²) in [6.45, 7) is 4.30. The van der Waals surface area contributed by atoms with Crippen molar-refractivity contribution in [2.24, 2.45) is 5.92 Å². The van der Waals surface area contributed by atoms with Crippen LogP contribution in [0.4, 0.5) is 5.69 Å². The molecule has 0 radical (unpaired) electrons. The Hall–Kier alpha value is -4.24. The third-order valence-electron chi connectivity index (χ3n) is 8.99. The number of nitrogens with zero attached hydrogens (tertiary/aromatic N) is 4. The largest absolute Gasteiger partial charge is 0.355 e. The number of piperidine rings is 1. The number of pyridine rings is 1. The molecule has 9 heteroatoms. The maximum absolute atomic E-state index is 13.5. The molecule has 1 saturated heterocycles. The lowest BCUT2D eigenvalue weighted by atomic mass is 9.83. The van der Waals surface area contributed by atoms with Gasteiger partial charge in [0.2, 0.25) is 5.91 Å². The number of nitrogens with one attached hydrogen (secondary N) is 1. The minimum atomic E-state index is -0.497. The van der Waals surface area contributed by atoms with E-state index in [1.54, 1.807) is 21.9 Å². The highest BCUT2D eigenvalue weighted by Gasteiger charge is 2.47. The fourth-order valence-electron chi connectivity index (χ4n) is 7.23. The lowest BCUT2D eigenvalue weighted by Crippen LogP contribution is -2.49. The molecular formula is C32H33N5O4. The third kappa shape index (κ3) is 4.44. The van der Waals surface area contributed by atoms with Gasteiger partial charge >= 0.3 is 0 Å². The van der Waals surface area contributed by atoms with Crippen LogP contribution in [0.15, 0.2) is 71.5 Å². The molecule has 9 nitrogen and oxygen atoms in total. The first kappa shape index (κ1) is 25.7. The Morgan fingerprint density at radius 3 is 2.51 bits per heavy atom. The van der Waals surface area contributed by atoms with Crippen LogP contribution in [0, 0.1) is 5.92 Å². The predicted molar refractivity (Wildman–Crippen MR) is 154 cm³/mol. The zero-order valence-corrected chi connectivity index (χ0v) is 22.9. The molecule has 1 fully saturated rings. The van der Waals surface area contributed by atoms with Crippen LogP contribution in [0.5, 0.6) is 0 Å². The summed E-state index contributed by atoms with van der Waals surface area (Å²) in [4.78, 5) is 57.7. The van der Waals surface area contributed by atoms with Crippen molar-refractivity contribution in [2.75, 3.05) is 37.6 Å². The standard InChI is InChI=1S/C32H33N5O4/c38-28(33-14-16-34-18-21-17-22(20-34)26-11-5-13-29(39)36(26)19-21)12-6-15-35-30-23-7-1-2-8-24(23)32(41)37(30)27-10-4-3-9-25(27)31(35)40/h1-5,7-11,13,21-22,30H,6,12,14-20H2,(H,33,38)/t21-,22+,30?/m1/s1. The van der Waals surface area contributed by atoms with Crippen LogP contribution in [0.3, 0.4) is 0 Å². The number of hydrogen-bond donors (Lipinski definition) is 1. The van der Waals surface area contributed by atoms with Crippen molar-refractivity contribution >= 4 is 23.4 Å². The van der Waals surface area contributed by atoms with E-state index in [1.165, 1.54) is 0 Å². The Bertz CT molecular complexity index is 1600. The Balaban J connectivity index is 0.950. The lowest BCUT2D eigenvalue weighted by molar-refractivity contribution is -0.121. The number of fused-ring (bicyclic) bond motifs is 9. The molecule has 3 aromatic rings. The molecule has 4 aliphatic heterocycles. The molecule has 7 rings (SSSR count). The van der Waals surface area contributed by atoms with Crippen molar-refractivity contribution in [1.82, 2.24) is 19.7 Å². The smallest absolute Gasteiger partial charge is 0.260 e. The average molecular weight is 552 g/mol. The van der Waals surface area contributed by atoms with E-state index in [1.807, 2.05) is 53.1 Å². The van der Waals surface area contributed by atoms with Crippen LogP contribution in [0.2, 0.25) is 0 Å². The van der Waals surface area contributed by atoms with Gasteiger partial charge in [0, 0.05) is 74.5 Å². The topological polar surface area (TPSA) is 95.0 Å².